The number of anilines is 1. The number of benzene rings is 1. The van der Waals surface area contributed by atoms with Crippen molar-refractivity contribution in [3.63, 3.8) is 0 Å². The summed E-state index contributed by atoms with van der Waals surface area (Å²) in [5, 5.41) is 2.77. The molecule has 0 aliphatic carbocycles. The molecule has 5 heteroatoms. The molecule has 0 spiro atoms. The first kappa shape index (κ1) is 13.9. The summed E-state index contributed by atoms with van der Waals surface area (Å²) in [6.07, 6.45) is 1.61. The third-order valence-electron chi connectivity index (χ3n) is 2.80. The van der Waals surface area contributed by atoms with Crippen LogP contribution in [0, 0.1) is 6.92 Å². The number of nitrogens with one attached hydrogen (secondary N) is 1. The van der Waals surface area contributed by atoms with Gasteiger partial charge in [-0.25, -0.2) is 0 Å². The molecule has 1 aromatic carbocycles. The van der Waals surface area contributed by atoms with Crippen molar-refractivity contribution in [1.29, 1.82) is 0 Å². The Balaban J connectivity index is 2.23. The van der Waals surface area contributed by atoms with E-state index in [2.05, 4.69) is 10.3 Å². The van der Waals surface area contributed by atoms with E-state index < -0.39 is 0 Å². The molecule has 0 radical (unpaired) electrons. The standard InChI is InChI=1S/C15H16N2O3/c1-10-6-7-16-13(8-10)15(18)17-12-5-4-11(19-2)9-14(12)20-3/h4-9H,1-3H3,(H,17,18). The summed E-state index contributed by atoms with van der Waals surface area (Å²) in [4.78, 5) is 16.2. The number of carbonyl (C=O) groups is 1. The smallest absolute Gasteiger partial charge is 0.274 e. The maximum Gasteiger partial charge on any atom is 0.274 e. The van der Waals surface area contributed by atoms with Gasteiger partial charge in [-0.05, 0) is 36.8 Å². The minimum absolute atomic E-state index is 0.280. The van der Waals surface area contributed by atoms with Gasteiger partial charge in [0, 0.05) is 12.3 Å². The number of rotatable bonds is 4. The number of methoxy groups -OCH3 is 2. The Morgan fingerprint density at radius 2 is 1.95 bits per heavy atom. The van der Waals surface area contributed by atoms with Crippen LogP contribution in [0.4, 0.5) is 5.69 Å². The van der Waals surface area contributed by atoms with Crippen LogP contribution in [0.2, 0.25) is 0 Å². The first-order valence-electron chi connectivity index (χ1n) is 6.10. The van der Waals surface area contributed by atoms with E-state index in [1.807, 2.05) is 13.0 Å². The lowest BCUT2D eigenvalue weighted by molar-refractivity contribution is 0.102. The molecule has 20 heavy (non-hydrogen) atoms. The lowest BCUT2D eigenvalue weighted by Crippen LogP contribution is -2.14. The second kappa shape index (κ2) is 6.06. The van der Waals surface area contributed by atoms with Gasteiger partial charge in [-0.2, -0.15) is 0 Å². The van der Waals surface area contributed by atoms with E-state index >= 15 is 0 Å². The number of aryl methyl sites for hydroxylation is 1. The van der Waals surface area contributed by atoms with Crippen molar-refractivity contribution < 1.29 is 14.3 Å². The number of hydrogen-bond donors (Lipinski definition) is 1. The molecule has 0 aliphatic heterocycles. The number of nitrogens with zero attached hydrogens (tertiary/aromatic N) is 1. The fourth-order valence-electron chi connectivity index (χ4n) is 1.75. The lowest BCUT2D eigenvalue weighted by Gasteiger charge is -2.11. The Morgan fingerprint density at radius 3 is 2.60 bits per heavy atom. The summed E-state index contributed by atoms with van der Waals surface area (Å²) < 4.78 is 10.3. The van der Waals surface area contributed by atoms with Crippen LogP contribution >= 0.6 is 0 Å². The fraction of sp³-hybridized carbons (Fsp3) is 0.200. The summed E-state index contributed by atoms with van der Waals surface area (Å²) in [5.74, 6) is 0.913. The van der Waals surface area contributed by atoms with Crippen molar-refractivity contribution in [2.45, 2.75) is 6.92 Å². The van der Waals surface area contributed by atoms with E-state index in [1.54, 1.807) is 37.6 Å². The van der Waals surface area contributed by atoms with Crippen LogP contribution in [-0.4, -0.2) is 25.1 Å². The van der Waals surface area contributed by atoms with Gasteiger partial charge in [0.05, 0.1) is 19.9 Å². The third kappa shape index (κ3) is 3.06. The zero-order valence-corrected chi connectivity index (χ0v) is 11.6. The van der Waals surface area contributed by atoms with Gasteiger partial charge in [0.2, 0.25) is 0 Å². The molecule has 0 aliphatic rings. The van der Waals surface area contributed by atoms with Gasteiger partial charge in [-0.15, -0.1) is 0 Å². The van der Waals surface area contributed by atoms with Crippen LogP contribution in [0.5, 0.6) is 11.5 Å². The molecule has 0 saturated heterocycles. The predicted molar refractivity (Wildman–Crippen MR) is 76.5 cm³/mol. The Bertz CT molecular complexity index is 626. The van der Waals surface area contributed by atoms with Crippen LogP contribution in [0.15, 0.2) is 36.5 Å². The van der Waals surface area contributed by atoms with Crippen molar-refractivity contribution in [2.75, 3.05) is 19.5 Å². The highest BCUT2D eigenvalue weighted by atomic mass is 16.5. The Morgan fingerprint density at radius 1 is 1.15 bits per heavy atom. The molecule has 2 aromatic rings. The van der Waals surface area contributed by atoms with Gasteiger partial charge < -0.3 is 14.8 Å². The van der Waals surface area contributed by atoms with Crippen molar-refractivity contribution in [3.05, 3.63) is 47.8 Å². The normalized spacial score (nSPS) is 9.95. The number of carbonyl (C=O) groups excluding carboxylic acids is 1. The summed E-state index contributed by atoms with van der Waals surface area (Å²) in [6.45, 7) is 1.91. The maximum atomic E-state index is 12.1. The third-order valence-corrected chi connectivity index (χ3v) is 2.80. The Labute approximate surface area is 117 Å². The van der Waals surface area contributed by atoms with E-state index in [1.165, 1.54) is 7.11 Å². The molecule has 1 N–H and O–H groups in total. The van der Waals surface area contributed by atoms with Gasteiger partial charge in [0.15, 0.2) is 0 Å². The van der Waals surface area contributed by atoms with Crippen LogP contribution < -0.4 is 14.8 Å². The zero-order chi connectivity index (χ0) is 14.5. The Kier molecular flexibility index (Phi) is 4.20. The summed E-state index contributed by atoms with van der Waals surface area (Å²) in [5.41, 5.74) is 1.91. The van der Waals surface area contributed by atoms with Gasteiger partial charge in [0.25, 0.3) is 5.91 Å². The molecule has 0 atom stereocenters. The van der Waals surface area contributed by atoms with E-state index in [9.17, 15) is 4.79 Å². The predicted octanol–water partition coefficient (Wildman–Crippen LogP) is 2.66. The second-order valence-corrected chi connectivity index (χ2v) is 4.24. The van der Waals surface area contributed by atoms with E-state index in [0.717, 1.165) is 5.56 Å². The molecular formula is C15H16N2O3. The molecule has 1 aromatic heterocycles. The highest BCUT2D eigenvalue weighted by Gasteiger charge is 2.11. The highest BCUT2D eigenvalue weighted by Crippen LogP contribution is 2.29. The average molecular weight is 272 g/mol. The van der Waals surface area contributed by atoms with Crippen molar-refractivity contribution in [1.82, 2.24) is 4.98 Å². The number of pyridine rings is 1. The first-order valence-corrected chi connectivity index (χ1v) is 6.10. The maximum absolute atomic E-state index is 12.1. The van der Waals surface area contributed by atoms with Crippen LogP contribution in [0.25, 0.3) is 0 Å². The minimum atomic E-state index is -0.280. The van der Waals surface area contributed by atoms with Crippen molar-refractivity contribution in [3.8, 4) is 11.5 Å². The monoisotopic (exact) mass is 272 g/mol. The van der Waals surface area contributed by atoms with Crippen LogP contribution in [0.1, 0.15) is 16.1 Å². The largest absolute Gasteiger partial charge is 0.497 e. The van der Waals surface area contributed by atoms with E-state index in [4.69, 9.17) is 9.47 Å². The number of amides is 1. The second-order valence-electron chi connectivity index (χ2n) is 4.24. The quantitative estimate of drug-likeness (QED) is 0.929. The molecule has 5 nitrogen and oxygen atoms in total. The molecule has 1 amide bonds. The molecule has 1 heterocycles. The van der Waals surface area contributed by atoms with Crippen LogP contribution in [0.3, 0.4) is 0 Å². The van der Waals surface area contributed by atoms with Crippen molar-refractivity contribution >= 4 is 11.6 Å². The van der Waals surface area contributed by atoms with Crippen molar-refractivity contribution in [2.24, 2.45) is 0 Å². The molecule has 0 unspecified atom stereocenters. The molecule has 0 saturated carbocycles. The molecular weight excluding hydrogens is 256 g/mol. The SMILES string of the molecule is COc1ccc(NC(=O)c2cc(C)ccn2)c(OC)c1. The zero-order valence-electron chi connectivity index (χ0n) is 11.6. The number of aromatic nitrogens is 1. The van der Waals surface area contributed by atoms with Gasteiger partial charge in [0.1, 0.15) is 17.2 Å². The molecule has 104 valence electrons. The topological polar surface area (TPSA) is 60.5 Å². The fourth-order valence-corrected chi connectivity index (χ4v) is 1.75. The first-order chi connectivity index (χ1) is 9.63. The van der Waals surface area contributed by atoms with Gasteiger partial charge >= 0.3 is 0 Å². The number of ether oxygens (including phenoxy) is 2. The molecule has 0 bridgehead atoms. The Hall–Kier alpha value is -2.56. The number of hydrogen-bond acceptors (Lipinski definition) is 4. The lowest BCUT2D eigenvalue weighted by atomic mass is 10.2. The van der Waals surface area contributed by atoms with E-state index in [0.29, 0.717) is 22.9 Å². The molecule has 2 rings (SSSR count). The minimum Gasteiger partial charge on any atom is -0.497 e. The van der Waals surface area contributed by atoms with Gasteiger partial charge in [-0.3, -0.25) is 9.78 Å². The average Bonchev–Trinajstić information content (AvgIpc) is 2.47. The van der Waals surface area contributed by atoms with Gasteiger partial charge in [-0.1, -0.05) is 0 Å². The molecule has 0 fully saturated rings. The summed E-state index contributed by atoms with van der Waals surface area (Å²) >= 11 is 0. The summed E-state index contributed by atoms with van der Waals surface area (Å²) in [6, 6.07) is 8.75. The van der Waals surface area contributed by atoms with E-state index in [-0.39, 0.29) is 5.91 Å². The van der Waals surface area contributed by atoms with Crippen LogP contribution in [-0.2, 0) is 0 Å². The highest BCUT2D eigenvalue weighted by molar-refractivity contribution is 6.03. The summed E-state index contributed by atoms with van der Waals surface area (Å²) in [7, 11) is 3.11.